The minimum absolute atomic E-state index is 0.0920. The molecule has 0 aliphatic heterocycles. The highest BCUT2D eigenvalue weighted by atomic mass is 19.4. The van der Waals surface area contributed by atoms with E-state index in [0.717, 1.165) is 11.6 Å². The van der Waals surface area contributed by atoms with Crippen LogP contribution in [0, 0.1) is 6.92 Å². The van der Waals surface area contributed by atoms with Gasteiger partial charge in [-0.05, 0) is 24.6 Å². The van der Waals surface area contributed by atoms with Crippen LogP contribution in [0.1, 0.15) is 11.1 Å². The van der Waals surface area contributed by atoms with Crippen molar-refractivity contribution in [2.75, 3.05) is 0 Å². The summed E-state index contributed by atoms with van der Waals surface area (Å²) in [5, 5.41) is 1.21. The van der Waals surface area contributed by atoms with E-state index in [2.05, 4.69) is 0 Å². The van der Waals surface area contributed by atoms with E-state index in [0.29, 0.717) is 16.4 Å². The maximum atomic E-state index is 12.9. The number of alkyl halides is 3. The van der Waals surface area contributed by atoms with E-state index < -0.39 is 11.7 Å². The molecular weight excluding hydrogens is 241 g/mol. The lowest BCUT2D eigenvalue weighted by atomic mass is 10.1. The van der Waals surface area contributed by atoms with Gasteiger partial charge < -0.3 is 4.42 Å². The topological polar surface area (TPSA) is 13.1 Å². The quantitative estimate of drug-likeness (QED) is 0.552. The third-order valence-electron chi connectivity index (χ3n) is 2.96. The fraction of sp³-hybridized carbons (Fsp3) is 0.143. The number of aryl methyl sites for hydroxylation is 1. The third-order valence-corrected chi connectivity index (χ3v) is 2.96. The minimum atomic E-state index is -4.40. The highest BCUT2D eigenvalue weighted by molar-refractivity contribution is 6.06. The zero-order chi connectivity index (χ0) is 12.9. The molecule has 1 aromatic heterocycles. The van der Waals surface area contributed by atoms with E-state index in [1.807, 2.05) is 13.0 Å². The third kappa shape index (κ3) is 1.56. The predicted molar refractivity (Wildman–Crippen MR) is 63.5 cm³/mol. The molecule has 3 rings (SSSR count). The Balaban J connectivity index is 2.46. The average Bonchev–Trinajstić information content (AvgIpc) is 2.64. The van der Waals surface area contributed by atoms with Crippen LogP contribution < -0.4 is 0 Å². The van der Waals surface area contributed by atoms with Crippen molar-refractivity contribution in [3.8, 4) is 0 Å². The maximum absolute atomic E-state index is 12.9. The number of halogens is 3. The van der Waals surface area contributed by atoms with Crippen molar-refractivity contribution in [2.24, 2.45) is 0 Å². The Kier molecular flexibility index (Phi) is 2.17. The molecule has 1 nitrogen and oxygen atoms in total. The fourth-order valence-corrected chi connectivity index (χ4v) is 2.13. The molecule has 0 atom stereocenters. The molecule has 0 aliphatic carbocycles. The number of rotatable bonds is 0. The van der Waals surface area contributed by atoms with E-state index in [-0.39, 0.29) is 5.58 Å². The summed E-state index contributed by atoms with van der Waals surface area (Å²) in [5.41, 5.74) is 0.622. The van der Waals surface area contributed by atoms with Gasteiger partial charge in [0.1, 0.15) is 11.2 Å². The monoisotopic (exact) mass is 250 g/mol. The highest BCUT2D eigenvalue weighted by Crippen LogP contribution is 2.38. The van der Waals surface area contributed by atoms with E-state index >= 15 is 0 Å². The van der Waals surface area contributed by atoms with Gasteiger partial charge in [-0.3, -0.25) is 0 Å². The lowest BCUT2D eigenvalue weighted by molar-refractivity contribution is -0.136. The van der Waals surface area contributed by atoms with Crippen LogP contribution in [0.25, 0.3) is 21.9 Å². The zero-order valence-corrected chi connectivity index (χ0v) is 9.51. The van der Waals surface area contributed by atoms with Crippen molar-refractivity contribution in [1.82, 2.24) is 0 Å². The van der Waals surface area contributed by atoms with Crippen LogP contribution >= 0.6 is 0 Å². The van der Waals surface area contributed by atoms with Gasteiger partial charge in [-0.15, -0.1) is 0 Å². The number of furan rings is 1. The second-order valence-electron chi connectivity index (χ2n) is 4.28. The van der Waals surface area contributed by atoms with Gasteiger partial charge in [-0.2, -0.15) is 13.2 Å². The molecule has 0 fully saturated rings. The second kappa shape index (κ2) is 3.51. The number of benzene rings is 2. The molecule has 2 aromatic carbocycles. The largest absolute Gasteiger partial charge is 0.455 e. The summed E-state index contributed by atoms with van der Waals surface area (Å²) in [6.45, 7) is 1.87. The van der Waals surface area contributed by atoms with Crippen molar-refractivity contribution in [3.05, 3.63) is 47.5 Å². The van der Waals surface area contributed by atoms with Gasteiger partial charge in [0.2, 0.25) is 0 Å². The van der Waals surface area contributed by atoms with Crippen molar-refractivity contribution < 1.29 is 17.6 Å². The average molecular weight is 250 g/mol. The molecular formula is C14H9F3O. The Bertz CT molecular complexity index is 738. The summed E-state index contributed by atoms with van der Waals surface area (Å²) in [6, 6.07) is 9.48. The second-order valence-corrected chi connectivity index (χ2v) is 4.28. The fourth-order valence-electron chi connectivity index (χ4n) is 2.13. The SMILES string of the molecule is Cc1ccc2c(c1)oc1c(C(F)(F)F)cccc12. The van der Waals surface area contributed by atoms with Gasteiger partial charge in [-0.1, -0.05) is 24.3 Å². The standard InChI is InChI=1S/C14H9F3O/c1-8-5-6-9-10-3-2-4-11(14(15,16)17)13(10)18-12(9)7-8/h2-7H,1H3. The maximum Gasteiger partial charge on any atom is 0.420 e. The lowest BCUT2D eigenvalue weighted by Crippen LogP contribution is -2.04. The molecule has 4 heteroatoms. The summed E-state index contributed by atoms with van der Waals surface area (Å²) >= 11 is 0. The van der Waals surface area contributed by atoms with Gasteiger partial charge in [0, 0.05) is 10.8 Å². The first-order chi connectivity index (χ1) is 8.47. The molecule has 0 unspecified atom stereocenters. The molecule has 0 spiro atoms. The first kappa shape index (κ1) is 11.1. The predicted octanol–water partition coefficient (Wildman–Crippen LogP) is 4.91. The lowest BCUT2D eigenvalue weighted by Gasteiger charge is -2.05. The van der Waals surface area contributed by atoms with E-state index in [4.69, 9.17) is 4.42 Å². The number of para-hydroxylation sites is 1. The Morgan fingerprint density at radius 1 is 1.00 bits per heavy atom. The van der Waals surface area contributed by atoms with Crippen LogP contribution in [0.15, 0.2) is 40.8 Å². The van der Waals surface area contributed by atoms with Crippen LogP contribution in [-0.4, -0.2) is 0 Å². The molecule has 18 heavy (non-hydrogen) atoms. The number of hydrogen-bond donors (Lipinski definition) is 0. The van der Waals surface area contributed by atoms with Gasteiger partial charge in [-0.25, -0.2) is 0 Å². The van der Waals surface area contributed by atoms with Crippen molar-refractivity contribution in [2.45, 2.75) is 13.1 Å². The molecule has 0 saturated carbocycles. The Labute approximate surface area is 101 Å². The molecule has 0 amide bonds. The highest BCUT2D eigenvalue weighted by Gasteiger charge is 2.34. The first-order valence-electron chi connectivity index (χ1n) is 5.46. The van der Waals surface area contributed by atoms with E-state index in [9.17, 15) is 13.2 Å². The Hall–Kier alpha value is -1.97. The van der Waals surface area contributed by atoms with Crippen molar-refractivity contribution in [3.63, 3.8) is 0 Å². The number of hydrogen-bond acceptors (Lipinski definition) is 1. The van der Waals surface area contributed by atoms with Gasteiger partial charge >= 0.3 is 6.18 Å². The summed E-state index contributed by atoms with van der Waals surface area (Å²) in [4.78, 5) is 0. The summed E-state index contributed by atoms with van der Waals surface area (Å²) in [6.07, 6.45) is -4.40. The van der Waals surface area contributed by atoms with Gasteiger partial charge in [0.15, 0.2) is 0 Å². The van der Waals surface area contributed by atoms with Crippen molar-refractivity contribution in [1.29, 1.82) is 0 Å². The molecule has 92 valence electrons. The molecule has 0 bridgehead atoms. The Morgan fingerprint density at radius 3 is 2.50 bits per heavy atom. The van der Waals surface area contributed by atoms with Crippen LogP contribution in [0.4, 0.5) is 13.2 Å². The minimum Gasteiger partial charge on any atom is -0.455 e. The van der Waals surface area contributed by atoms with Crippen LogP contribution in [0.3, 0.4) is 0 Å². The number of fused-ring (bicyclic) bond motifs is 3. The van der Waals surface area contributed by atoms with Crippen LogP contribution in [0.2, 0.25) is 0 Å². The molecule has 0 N–H and O–H groups in total. The smallest absolute Gasteiger partial charge is 0.420 e. The molecule has 0 aliphatic rings. The zero-order valence-electron chi connectivity index (χ0n) is 9.51. The summed E-state index contributed by atoms with van der Waals surface area (Å²) < 4.78 is 44.0. The summed E-state index contributed by atoms with van der Waals surface area (Å²) in [5.74, 6) is 0. The van der Waals surface area contributed by atoms with Crippen LogP contribution in [-0.2, 0) is 6.18 Å². The van der Waals surface area contributed by atoms with Gasteiger partial charge in [0.25, 0.3) is 0 Å². The van der Waals surface area contributed by atoms with E-state index in [1.54, 1.807) is 18.2 Å². The molecule has 3 aromatic rings. The van der Waals surface area contributed by atoms with Gasteiger partial charge in [0.05, 0.1) is 5.56 Å². The molecule has 0 saturated heterocycles. The summed E-state index contributed by atoms with van der Waals surface area (Å²) in [7, 11) is 0. The molecule has 0 radical (unpaired) electrons. The Morgan fingerprint density at radius 2 is 1.78 bits per heavy atom. The molecule has 1 heterocycles. The van der Waals surface area contributed by atoms with E-state index in [1.165, 1.54) is 6.07 Å². The normalized spacial score (nSPS) is 12.4. The van der Waals surface area contributed by atoms with Crippen LogP contribution in [0.5, 0.6) is 0 Å². The first-order valence-corrected chi connectivity index (χ1v) is 5.46. The van der Waals surface area contributed by atoms with Crippen molar-refractivity contribution >= 4 is 21.9 Å².